The fourth-order valence-electron chi connectivity index (χ4n) is 1.53. The summed E-state index contributed by atoms with van der Waals surface area (Å²) in [5.74, 6) is 0.326. The predicted octanol–water partition coefficient (Wildman–Crippen LogP) is 3.03. The molecule has 0 amide bonds. The molecule has 0 radical (unpaired) electrons. The fraction of sp³-hybridized carbons (Fsp3) is 0.417. The fourth-order valence-corrected chi connectivity index (χ4v) is 1.66. The lowest BCUT2D eigenvalue weighted by molar-refractivity contribution is 0.345. The van der Waals surface area contributed by atoms with Crippen molar-refractivity contribution < 1.29 is 4.39 Å². The summed E-state index contributed by atoms with van der Waals surface area (Å²) in [7, 11) is 0. The van der Waals surface area contributed by atoms with Gasteiger partial charge in [-0.05, 0) is 5.92 Å². The first-order chi connectivity index (χ1) is 8.56. The lowest BCUT2D eigenvalue weighted by atomic mass is 10.2. The lowest BCUT2D eigenvalue weighted by Gasteiger charge is -2.05. The van der Waals surface area contributed by atoms with Gasteiger partial charge in [-0.25, -0.2) is 19.0 Å². The summed E-state index contributed by atoms with van der Waals surface area (Å²) >= 11 is 5.76. The van der Waals surface area contributed by atoms with Crippen LogP contribution in [0, 0.1) is 5.92 Å². The number of nitrogens with zero attached hydrogens (tertiary/aromatic N) is 4. The van der Waals surface area contributed by atoms with Crippen molar-refractivity contribution in [3.05, 3.63) is 29.7 Å². The summed E-state index contributed by atoms with van der Waals surface area (Å²) in [5.41, 5.74) is 1.11. The number of aromatic nitrogens is 4. The maximum Gasteiger partial charge on any atom is 0.178 e. The zero-order valence-electron chi connectivity index (χ0n) is 10.2. The first-order valence-corrected chi connectivity index (χ1v) is 6.10. The van der Waals surface area contributed by atoms with Gasteiger partial charge in [-0.15, -0.1) is 0 Å². The number of rotatable bonds is 4. The van der Waals surface area contributed by atoms with E-state index in [0.717, 1.165) is 0 Å². The van der Waals surface area contributed by atoms with Gasteiger partial charge in [0, 0.05) is 0 Å². The Morgan fingerprint density at radius 1 is 1.39 bits per heavy atom. The van der Waals surface area contributed by atoms with E-state index < -0.39 is 6.17 Å². The van der Waals surface area contributed by atoms with Crippen LogP contribution >= 0.6 is 11.6 Å². The lowest BCUT2D eigenvalue weighted by Crippen LogP contribution is -2.11. The van der Waals surface area contributed by atoms with Crippen LogP contribution < -0.4 is 0 Å². The maximum absolute atomic E-state index is 13.7. The molecule has 0 spiro atoms. The van der Waals surface area contributed by atoms with E-state index in [4.69, 9.17) is 11.6 Å². The topological polar surface area (TPSA) is 43.6 Å². The second kappa shape index (κ2) is 5.44. The molecule has 18 heavy (non-hydrogen) atoms. The smallest absolute Gasteiger partial charge is 0.178 e. The molecule has 1 atom stereocenters. The molecule has 0 fully saturated rings. The van der Waals surface area contributed by atoms with Gasteiger partial charge in [0.25, 0.3) is 0 Å². The Kier molecular flexibility index (Phi) is 3.91. The Hall–Kier alpha value is -1.49. The zero-order valence-corrected chi connectivity index (χ0v) is 11.0. The van der Waals surface area contributed by atoms with Crippen LogP contribution in [0.3, 0.4) is 0 Å². The molecular weight excluding hydrogens is 255 g/mol. The molecule has 0 saturated carbocycles. The van der Waals surface area contributed by atoms with Crippen LogP contribution in [0.15, 0.2) is 24.5 Å². The molecule has 0 aromatic carbocycles. The van der Waals surface area contributed by atoms with E-state index in [-0.39, 0.29) is 11.7 Å². The van der Waals surface area contributed by atoms with E-state index in [0.29, 0.717) is 17.1 Å². The molecule has 0 aliphatic rings. The highest BCUT2D eigenvalue weighted by atomic mass is 35.5. The van der Waals surface area contributed by atoms with Crippen molar-refractivity contribution in [3.63, 3.8) is 0 Å². The largest absolute Gasteiger partial charge is 0.248 e. The highest BCUT2D eigenvalue weighted by Crippen LogP contribution is 2.13. The Labute approximate surface area is 109 Å². The quantitative estimate of drug-likeness (QED) is 0.801. The molecule has 2 aromatic rings. The van der Waals surface area contributed by atoms with Crippen LogP contribution in [-0.2, 0) is 6.54 Å². The number of halogens is 2. The molecule has 2 aromatic heterocycles. The highest BCUT2D eigenvalue weighted by molar-refractivity contribution is 6.29. The van der Waals surface area contributed by atoms with Crippen LogP contribution in [0.1, 0.15) is 13.8 Å². The molecule has 0 aliphatic carbocycles. The zero-order chi connectivity index (χ0) is 13.1. The van der Waals surface area contributed by atoms with E-state index in [9.17, 15) is 4.39 Å². The normalized spacial score (nSPS) is 13.8. The number of allylic oxidation sites excluding steroid dienone is 2. The predicted molar refractivity (Wildman–Crippen MR) is 69.2 cm³/mol. The summed E-state index contributed by atoms with van der Waals surface area (Å²) < 4.78 is 15.2. The van der Waals surface area contributed by atoms with Crippen LogP contribution in [0.5, 0.6) is 0 Å². The van der Waals surface area contributed by atoms with Crippen molar-refractivity contribution in [3.8, 4) is 0 Å². The van der Waals surface area contributed by atoms with Gasteiger partial charge in [-0.2, -0.15) is 5.10 Å². The van der Waals surface area contributed by atoms with Crippen molar-refractivity contribution in [2.75, 3.05) is 0 Å². The van der Waals surface area contributed by atoms with Crippen LogP contribution in [-0.4, -0.2) is 25.9 Å². The Balaban J connectivity index is 2.19. The minimum absolute atomic E-state index is 0.113. The molecule has 2 heterocycles. The molecule has 0 bridgehead atoms. The SMILES string of the molecule is CC(C)/C=C/C(F)Cn1ncc2ncc(Cl)nc21. The van der Waals surface area contributed by atoms with Crippen LogP contribution in [0.2, 0.25) is 5.15 Å². The van der Waals surface area contributed by atoms with Crippen molar-refractivity contribution >= 4 is 22.8 Å². The molecular formula is C12H14ClFN4. The molecule has 6 heteroatoms. The van der Waals surface area contributed by atoms with E-state index in [1.807, 2.05) is 19.9 Å². The van der Waals surface area contributed by atoms with Crippen molar-refractivity contribution in [1.29, 1.82) is 0 Å². The summed E-state index contributed by atoms with van der Waals surface area (Å²) in [5, 5.41) is 4.34. The highest BCUT2D eigenvalue weighted by Gasteiger charge is 2.10. The number of hydrogen-bond donors (Lipinski definition) is 0. The van der Waals surface area contributed by atoms with Crippen molar-refractivity contribution in [1.82, 2.24) is 19.7 Å². The minimum atomic E-state index is -1.10. The monoisotopic (exact) mass is 268 g/mol. The number of hydrogen-bond acceptors (Lipinski definition) is 3. The average molecular weight is 269 g/mol. The van der Waals surface area contributed by atoms with Gasteiger partial charge in [-0.1, -0.05) is 37.6 Å². The first-order valence-electron chi connectivity index (χ1n) is 5.72. The van der Waals surface area contributed by atoms with E-state index in [1.54, 1.807) is 6.20 Å². The summed E-state index contributed by atoms with van der Waals surface area (Å²) in [4.78, 5) is 8.16. The van der Waals surface area contributed by atoms with Gasteiger partial charge in [0.2, 0.25) is 0 Å². The standard InChI is InChI=1S/C12H14ClFN4/c1-8(2)3-4-9(14)7-18-12-10(5-16-18)15-6-11(13)17-12/h3-6,8-9H,7H2,1-2H3/b4-3+. The third-order valence-electron chi connectivity index (χ3n) is 2.37. The summed E-state index contributed by atoms with van der Waals surface area (Å²) in [6, 6.07) is 0. The second-order valence-electron chi connectivity index (χ2n) is 4.37. The molecule has 0 N–H and O–H groups in total. The number of fused-ring (bicyclic) bond motifs is 1. The molecule has 4 nitrogen and oxygen atoms in total. The summed E-state index contributed by atoms with van der Waals surface area (Å²) in [6.07, 6.45) is 5.26. The average Bonchev–Trinajstić information content (AvgIpc) is 2.69. The molecule has 1 unspecified atom stereocenters. The molecule has 2 rings (SSSR count). The van der Waals surface area contributed by atoms with Gasteiger partial charge in [-0.3, -0.25) is 0 Å². The van der Waals surface area contributed by atoms with Gasteiger partial charge in [0.05, 0.1) is 18.9 Å². The molecule has 96 valence electrons. The maximum atomic E-state index is 13.7. The van der Waals surface area contributed by atoms with Gasteiger partial charge in [0.15, 0.2) is 5.65 Å². The Morgan fingerprint density at radius 2 is 2.17 bits per heavy atom. The van der Waals surface area contributed by atoms with E-state index in [2.05, 4.69) is 15.1 Å². The van der Waals surface area contributed by atoms with Crippen molar-refractivity contribution in [2.45, 2.75) is 26.6 Å². The van der Waals surface area contributed by atoms with E-state index in [1.165, 1.54) is 17.0 Å². The summed E-state index contributed by atoms with van der Waals surface area (Å²) in [6.45, 7) is 4.11. The molecule has 0 saturated heterocycles. The number of alkyl halides is 1. The molecule has 0 aliphatic heterocycles. The van der Waals surface area contributed by atoms with Gasteiger partial charge < -0.3 is 0 Å². The van der Waals surface area contributed by atoms with E-state index >= 15 is 0 Å². The third kappa shape index (κ3) is 3.04. The van der Waals surface area contributed by atoms with Crippen molar-refractivity contribution in [2.24, 2.45) is 5.92 Å². The van der Waals surface area contributed by atoms with Crippen LogP contribution in [0.25, 0.3) is 11.2 Å². The van der Waals surface area contributed by atoms with Crippen LogP contribution in [0.4, 0.5) is 4.39 Å². The van der Waals surface area contributed by atoms with Gasteiger partial charge in [0.1, 0.15) is 16.8 Å². The van der Waals surface area contributed by atoms with Gasteiger partial charge >= 0.3 is 0 Å². The Morgan fingerprint density at radius 3 is 2.89 bits per heavy atom. The minimum Gasteiger partial charge on any atom is -0.248 e. The second-order valence-corrected chi connectivity index (χ2v) is 4.76. The first kappa shape index (κ1) is 13.0. The Bertz CT molecular complexity index is 564. The third-order valence-corrected chi connectivity index (χ3v) is 2.55.